The number of non-ortho nitro benzene ring substituents is 1. The summed E-state index contributed by atoms with van der Waals surface area (Å²) in [6.45, 7) is 2.84. The van der Waals surface area contributed by atoms with E-state index in [9.17, 15) is 10.1 Å². The molecule has 5 heteroatoms. The normalized spacial score (nSPS) is 19.1. The summed E-state index contributed by atoms with van der Waals surface area (Å²) in [5.41, 5.74) is 1.85. The summed E-state index contributed by atoms with van der Waals surface area (Å²) < 4.78 is 0. The van der Waals surface area contributed by atoms with E-state index >= 15 is 0 Å². The highest BCUT2D eigenvalue weighted by atomic mass is 16.6. The average molecular weight is 193 g/mol. The lowest BCUT2D eigenvalue weighted by Gasteiger charge is -2.25. The summed E-state index contributed by atoms with van der Waals surface area (Å²) >= 11 is 0. The number of rotatable bonds is 1. The molecule has 0 radical (unpaired) electrons. The number of nitro benzene ring substituents is 1. The Kier molecular flexibility index (Phi) is 1.99. The molecular weight excluding hydrogens is 182 g/mol. The molecular formula is C9H11N3O2. The Bertz CT molecular complexity index is 378. The number of fused-ring (bicyclic) bond motifs is 1. The molecule has 2 N–H and O–H groups in total. The van der Waals surface area contributed by atoms with Gasteiger partial charge in [0.15, 0.2) is 0 Å². The van der Waals surface area contributed by atoms with Gasteiger partial charge in [-0.25, -0.2) is 0 Å². The van der Waals surface area contributed by atoms with Crippen LogP contribution in [0.15, 0.2) is 18.2 Å². The van der Waals surface area contributed by atoms with Gasteiger partial charge in [-0.15, -0.1) is 0 Å². The molecule has 0 aromatic heterocycles. The molecule has 2 rings (SSSR count). The Hall–Kier alpha value is -1.78. The molecule has 1 aromatic carbocycles. The van der Waals surface area contributed by atoms with Crippen LogP contribution in [-0.2, 0) is 0 Å². The number of hydrogen-bond donors (Lipinski definition) is 2. The standard InChI is InChI=1S/C9H11N3O2/c1-6-5-10-9-4-7(12(13)14)2-3-8(9)11-6/h2-4,6,10-11H,5H2,1H3. The Morgan fingerprint density at radius 1 is 1.50 bits per heavy atom. The predicted molar refractivity (Wildman–Crippen MR) is 54.7 cm³/mol. The third-order valence-corrected chi connectivity index (χ3v) is 2.21. The Labute approximate surface area is 81.3 Å². The summed E-state index contributed by atoms with van der Waals surface area (Å²) in [7, 11) is 0. The van der Waals surface area contributed by atoms with Gasteiger partial charge < -0.3 is 10.6 Å². The Morgan fingerprint density at radius 3 is 3.00 bits per heavy atom. The van der Waals surface area contributed by atoms with Crippen LogP contribution in [0.25, 0.3) is 0 Å². The number of nitrogens with zero attached hydrogens (tertiary/aromatic N) is 1. The summed E-state index contributed by atoms with van der Waals surface area (Å²) in [5.74, 6) is 0. The van der Waals surface area contributed by atoms with E-state index in [0.717, 1.165) is 17.9 Å². The zero-order valence-electron chi connectivity index (χ0n) is 7.78. The Balaban J connectivity index is 2.36. The van der Waals surface area contributed by atoms with Crippen molar-refractivity contribution in [3.8, 4) is 0 Å². The first-order valence-electron chi connectivity index (χ1n) is 4.45. The van der Waals surface area contributed by atoms with Gasteiger partial charge in [0.25, 0.3) is 5.69 Å². The van der Waals surface area contributed by atoms with Crippen molar-refractivity contribution in [3.05, 3.63) is 28.3 Å². The van der Waals surface area contributed by atoms with E-state index in [0.29, 0.717) is 6.04 Å². The maximum absolute atomic E-state index is 10.5. The van der Waals surface area contributed by atoms with E-state index in [-0.39, 0.29) is 10.6 Å². The lowest BCUT2D eigenvalue weighted by Crippen LogP contribution is -2.29. The van der Waals surface area contributed by atoms with Gasteiger partial charge in [-0.05, 0) is 13.0 Å². The van der Waals surface area contributed by atoms with Crippen LogP contribution in [0, 0.1) is 10.1 Å². The van der Waals surface area contributed by atoms with Crippen molar-refractivity contribution in [2.45, 2.75) is 13.0 Å². The monoisotopic (exact) mass is 193 g/mol. The first-order valence-corrected chi connectivity index (χ1v) is 4.45. The second-order valence-electron chi connectivity index (χ2n) is 3.41. The van der Waals surface area contributed by atoms with Crippen LogP contribution in [0.4, 0.5) is 17.1 Å². The second-order valence-corrected chi connectivity index (χ2v) is 3.41. The molecule has 0 fully saturated rings. The minimum atomic E-state index is -0.389. The average Bonchev–Trinajstić information content (AvgIpc) is 2.16. The molecule has 0 amide bonds. The zero-order chi connectivity index (χ0) is 10.1. The molecule has 1 aliphatic rings. The first-order chi connectivity index (χ1) is 6.66. The lowest BCUT2D eigenvalue weighted by molar-refractivity contribution is -0.384. The quantitative estimate of drug-likeness (QED) is 0.527. The minimum absolute atomic E-state index is 0.118. The van der Waals surface area contributed by atoms with Crippen LogP contribution in [0.3, 0.4) is 0 Å². The smallest absolute Gasteiger partial charge is 0.271 e. The van der Waals surface area contributed by atoms with Crippen molar-refractivity contribution in [1.82, 2.24) is 0 Å². The van der Waals surface area contributed by atoms with E-state index in [1.807, 2.05) is 0 Å². The van der Waals surface area contributed by atoms with E-state index in [2.05, 4.69) is 17.6 Å². The van der Waals surface area contributed by atoms with Gasteiger partial charge in [0.2, 0.25) is 0 Å². The third-order valence-electron chi connectivity index (χ3n) is 2.21. The van der Waals surface area contributed by atoms with E-state index in [1.54, 1.807) is 12.1 Å². The van der Waals surface area contributed by atoms with Gasteiger partial charge in [-0.3, -0.25) is 10.1 Å². The fraction of sp³-hybridized carbons (Fsp3) is 0.333. The number of benzene rings is 1. The van der Waals surface area contributed by atoms with Crippen molar-refractivity contribution in [3.63, 3.8) is 0 Å². The molecule has 74 valence electrons. The van der Waals surface area contributed by atoms with Crippen LogP contribution >= 0.6 is 0 Å². The van der Waals surface area contributed by atoms with Gasteiger partial charge >= 0.3 is 0 Å². The SMILES string of the molecule is CC1CNc2cc([N+](=O)[O-])ccc2N1. The molecule has 1 heterocycles. The molecule has 1 unspecified atom stereocenters. The molecule has 14 heavy (non-hydrogen) atoms. The van der Waals surface area contributed by atoms with Crippen molar-refractivity contribution in [2.24, 2.45) is 0 Å². The molecule has 1 atom stereocenters. The lowest BCUT2D eigenvalue weighted by atomic mass is 10.1. The molecule has 1 aliphatic heterocycles. The van der Waals surface area contributed by atoms with E-state index in [1.165, 1.54) is 6.07 Å². The number of anilines is 2. The molecule has 0 spiro atoms. The van der Waals surface area contributed by atoms with Gasteiger partial charge in [-0.2, -0.15) is 0 Å². The second kappa shape index (κ2) is 3.17. The van der Waals surface area contributed by atoms with E-state index in [4.69, 9.17) is 0 Å². The fourth-order valence-electron chi connectivity index (χ4n) is 1.50. The van der Waals surface area contributed by atoms with Gasteiger partial charge in [-0.1, -0.05) is 0 Å². The summed E-state index contributed by atoms with van der Waals surface area (Å²) in [5, 5.41) is 16.9. The number of nitrogens with one attached hydrogen (secondary N) is 2. The van der Waals surface area contributed by atoms with E-state index < -0.39 is 0 Å². The fourth-order valence-corrected chi connectivity index (χ4v) is 1.50. The molecule has 5 nitrogen and oxygen atoms in total. The summed E-state index contributed by atoms with van der Waals surface area (Å²) in [4.78, 5) is 10.1. The highest BCUT2D eigenvalue weighted by Crippen LogP contribution is 2.29. The minimum Gasteiger partial charge on any atom is -0.381 e. The Morgan fingerprint density at radius 2 is 2.29 bits per heavy atom. The van der Waals surface area contributed by atoms with Crippen LogP contribution in [0.1, 0.15) is 6.92 Å². The van der Waals surface area contributed by atoms with Crippen molar-refractivity contribution < 1.29 is 4.92 Å². The maximum Gasteiger partial charge on any atom is 0.271 e. The molecule has 0 saturated carbocycles. The van der Waals surface area contributed by atoms with Crippen LogP contribution in [0.5, 0.6) is 0 Å². The van der Waals surface area contributed by atoms with Gasteiger partial charge in [0.1, 0.15) is 0 Å². The van der Waals surface area contributed by atoms with Crippen molar-refractivity contribution >= 4 is 17.1 Å². The number of hydrogen-bond acceptors (Lipinski definition) is 4. The van der Waals surface area contributed by atoms with Crippen LogP contribution in [0.2, 0.25) is 0 Å². The first kappa shape index (κ1) is 8.80. The molecule has 0 aliphatic carbocycles. The maximum atomic E-state index is 10.5. The highest BCUT2D eigenvalue weighted by Gasteiger charge is 2.16. The van der Waals surface area contributed by atoms with Crippen molar-refractivity contribution in [2.75, 3.05) is 17.2 Å². The molecule has 0 bridgehead atoms. The summed E-state index contributed by atoms with van der Waals surface area (Å²) in [6.07, 6.45) is 0. The van der Waals surface area contributed by atoms with Crippen LogP contribution < -0.4 is 10.6 Å². The highest BCUT2D eigenvalue weighted by molar-refractivity contribution is 5.73. The van der Waals surface area contributed by atoms with Gasteiger partial charge in [0, 0.05) is 24.7 Å². The summed E-state index contributed by atoms with van der Waals surface area (Å²) in [6, 6.07) is 5.14. The van der Waals surface area contributed by atoms with Crippen molar-refractivity contribution in [1.29, 1.82) is 0 Å². The topological polar surface area (TPSA) is 67.2 Å². The third kappa shape index (κ3) is 1.48. The molecule has 1 aromatic rings. The largest absolute Gasteiger partial charge is 0.381 e. The van der Waals surface area contributed by atoms with Crippen LogP contribution in [-0.4, -0.2) is 17.5 Å². The predicted octanol–water partition coefficient (Wildman–Crippen LogP) is 1.82. The van der Waals surface area contributed by atoms with Gasteiger partial charge in [0.05, 0.1) is 16.3 Å². The molecule has 0 saturated heterocycles. The number of nitro groups is 1. The zero-order valence-corrected chi connectivity index (χ0v) is 7.78.